The molecule has 2 aromatic rings. The van der Waals surface area contributed by atoms with E-state index in [-0.39, 0.29) is 9.62 Å². The molecule has 2 rings (SSSR count). The van der Waals surface area contributed by atoms with Crippen LogP contribution in [0.5, 0.6) is 0 Å². The van der Waals surface area contributed by atoms with Crippen molar-refractivity contribution in [1.29, 1.82) is 0 Å². The predicted molar refractivity (Wildman–Crippen MR) is 81.3 cm³/mol. The van der Waals surface area contributed by atoms with Gasteiger partial charge in [-0.3, -0.25) is 0 Å². The Morgan fingerprint density at radius 3 is 2.63 bits per heavy atom. The molecule has 3 N–H and O–H groups in total. The van der Waals surface area contributed by atoms with Crippen molar-refractivity contribution in [1.82, 2.24) is 4.72 Å². The molecule has 0 atom stereocenters. The Balaban J connectivity index is 2.10. The Labute approximate surface area is 121 Å². The molecule has 0 unspecified atom stereocenters. The van der Waals surface area contributed by atoms with E-state index >= 15 is 0 Å². The molecule has 0 aliphatic carbocycles. The van der Waals surface area contributed by atoms with Gasteiger partial charge >= 0.3 is 0 Å². The summed E-state index contributed by atoms with van der Waals surface area (Å²) < 4.78 is 27.1. The molecule has 0 fully saturated rings. The summed E-state index contributed by atoms with van der Waals surface area (Å²) in [5.41, 5.74) is 5.80. The van der Waals surface area contributed by atoms with Crippen LogP contribution in [0, 0.1) is 0 Å². The summed E-state index contributed by atoms with van der Waals surface area (Å²) in [4.78, 5) is 1.15. The maximum absolute atomic E-state index is 12.1. The van der Waals surface area contributed by atoms with Gasteiger partial charge in [0.2, 0.25) is 10.0 Å². The number of nitrogen functional groups attached to an aromatic ring is 1. The summed E-state index contributed by atoms with van der Waals surface area (Å²) in [5, 5.41) is 3.62. The van der Waals surface area contributed by atoms with Gasteiger partial charge in [-0.15, -0.1) is 22.7 Å². The van der Waals surface area contributed by atoms with E-state index in [1.807, 2.05) is 31.4 Å². The van der Waals surface area contributed by atoms with Crippen molar-refractivity contribution in [2.24, 2.45) is 0 Å². The van der Waals surface area contributed by atoms with E-state index < -0.39 is 10.0 Å². The molecule has 0 spiro atoms. The summed E-state index contributed by atoms with van der Waals surface area (Å²) in [6.07, 6.45) is 0. The number of thiophene rings is 2. The van der Waals surface area contributed by atoms with Crippen molar-refractivity contribution >= 4 is 38.4 Å². The third kappa shape index (κ3) is 3.36. The highest BCUT2D eigenvalue weighted by atomic mass is 32.2. The fraction of sp³-hybridized carbons (Fsp3) is 0.333. The van der Waals surface area contributed by atoms with E-state index in [0.29, 0.717) is 12.2 Å². The fourth-order valence-corrected chi connectivity index (χ4v) is 4.76. The minimum atomic E-state index is -3.47. The van der Waals surface area contributed by atoms with Crippen LogP contribution < -0.4 is 10.5 Å². The largest absolute Gasteiger partial charge is 0.398 e. The first-order valence-electron chi connectivity index (χ1n) is 5.69. The van der Waals surface area contributed by atoms with Crippen LogP contribution in [0.3, 0.4) is 0 Å². The maximum Gasteiger partial charge on any atom is 0.250 e. The van der Waals surface area contributed by atoms with Crippen molar-refractivity contribution in [3.63, 3.8) is 0 Å². The second-order valence-corrected chi connectivity index (χ2v) is 8.74. The molecule has 0 saturated heterocycles. The SMILES string of the molecule is CC(C)(CNS(=O)(=O)c1cc(N)cs1)c1cccs1. The van der Waals surface area contributed by atoms with Crippen LogP contribution in [0.15, 0.2) is 33.2 Å². The Morgan fingerprint density at radius 1 is 1.37 bits per heavy atom. The number of nitrogens with one attached hydrogen (secondary N) is 1. The van der Waals surface area contributed by atoms with Crippen LogP contribution in [0.25, 0.3) is 0 Å². The van der Waals surface area contributed by atoms with Crippen molar-refractivity contribution in [2.45, 2.75) is 23.5 Å². The van der Waals surface area contributed by atoms with Gasteiger partial charge in [0.25, 0.3) is 0 Å². The third-order valence-corrected chi connectivity index (χ3v) is 6.85. The lowest BCUT2D eigenvalue weighted by Gasteiger charge is -2.23. The van der Waals surface area contributed by atoms with Crippen LogP contribution in [0.2, 0.25) is 0 Å². The first-order chi connectivity index (χ1) is 8.81. The standard InChI is InChI=1S/C12H16N2O2S3/c1-12(2,10-4-3-5-17-10)8-14-19(15,16)11-6-9(13)7-18-11/h3-7,14H,8,13H2,1-2H3. The second-order valence-electron chi connectivity index (χ2n) is 4.88. The molecule has 4 nitrogen and oxygen atoms in total. The van der Waals surface area contributed by atoms with Crippen LogP contribution in [-0.2, 0) is 15.4 Å². The zero-order valence-corrected chi connectivity index (χ0v) is 13.2. The molecule has 0 aliphatic rings. The van der Waals surface area contributed by atoms with Gasteiger partial charge in [0.1, 0.15) is 4.21 Å². The molecular weight excluding hydrogens is 300 g/mol. The average Bonchev–Trinajstić information content (AvgIpc) is 2.97. The molecule has 0 amide bonds. The molecule has 104 valence electrons. The summed E-state index contributed by atoms with van der Waals surface area (Å²) in [6.45, 7) is 4.39. The Bertz CT molecular complexity index is 642. The lowest BCUT2D eigenvalue weighted by molar-refractivity contribution is 0.510. The third-order valence-electron chi connectivity index (χ3n) is 2.75. The van der Waals surface area contributed by atoms with Crippen LogP contribution in [-0.4, -0.2) is 15.0 Å². The van der Waals surface area contributed by atoms with Gasteiger partial charge in [-0.05, 0) is 17.5 Å². The van der Waals surface area contributed by atoms with E-state index in [2.05, 4.69) is 4.72 Å². The van der Waals surface area contributed by atoms with E-state index in [9.17, 15) is 8.42 Å². The Morgan fingerprint density at radius 2 is 2.11 bits per heavy atom. The van der Waals surface area contributed by atoms with Crippen LogP contribution in [0.1, 0.15) is 18.7 Å². The predicted octanol–water partition coefficient (Wildman–Crippen LogP) is 2.65. The summed E-state index contributed by atoms with van der Waals surface area (Å²) in [6, 6.07) is 5.46. The van der Waals surface area contributed by atoms with Gasteiger partial charge in [-0.2, -0.15) is 0 Å². The maximum atomic E-state index is 12.1. The zero-order valence-electron chi connectivity index (χ0n) is 10.7. The van der Waals surface area contributed by atoms with Gasteiger partial charge in [-0.1, -0.05) is 19.9 Å². The van der Waals surface area contributed by atoms with Crippen molar-refractivity contribution in [3.8, 4) is 0 Å². The van der Waals surface area contributed by atoms with Gasteiger partial charge in [-0.25, -0.2) is 13.1 Å². The lowest BCUT2D eigenvalue weighted by Crippen LogP contribution is -2.35. The highest BCUT2D eigenvalue weighted by Gasteiger charge is 2.25. The highest BCUT2D eigenvalue weighted by Crippen LogP contribution is 2.28. The molecule has 2 heterocycles. The number of anilines is 1. The number of sulfonamides is 1. The Kier molecular flexibility index (Phi) is 4.00. The summed E-state index contributed by atoms with van der Waals surface area (Å²) >= 11 is 2.76. The van der Waals surface area contributed by atoms with E-state index in [0.717, 1.165) is 16.2 Å². The van der Waals surface area contributed by atoms with Gasteiger partial charge in [0, 0.05) is 27.9 Å². The van der Waals surface area contributed by atoms with Crippen LogP contribution >= 0.6 is 22.7 Å². The quantitative estimate of drug-likeness (QED) is 0.890. The molecular formula is C12H16N2O2S3. The van der Waals surface area contributed by atoms with E-state index in [1.165, 1.54) is 6.07 Å². The number of nitrogens with two attached hydrogens (primary N) is 1. The van der Waals surface area contributed by atoms with Gasteiger partial charge in [0.05, 0.1) is 0 Å². The Hall–Kier alpha value is -0.890. The van der Waals surface area contributed by atoms with Crippen LogP contribution in [0.4, 0.5) is 5.69 Å². The molecule has 19 heavy (non-hydrogen) atoms. The number of hydrogen-bond acceptors (Lipinski definition) is 5. The zero-order chi connectivity index (χ0) is 14.1. The molecule has 0 radical (unpaired) electrons. The molecule has 0 saturated carbocycles. The van der Waals surface area contributed by atoms with Crippen molar-refractivity contribution < 1.29 is 8.42 Å². The van der Waals surface area contributed by atoms with Gasteiger partial charge in [0.15, 0.2) is 0 Å². The lowest BCUT2D eigenvalue weighted by atomic mass is 9.92. The molecule has 2 aromatic heterocycles. The fourth-order valence-electron chi connectivity index (χ4n) is 1.57. The van der Waals surface area contributed by atoms with E-state index in [1.54, 1.807) is 16.7 Å². The second kappa shape index (κ2) is 5.24. The van der Waals surface area contributed by atoms with Gasteiger partial charge < -0.3 is 5.73 Å². The smallest absolute Gasteiger partial charge is 0.250 e. The summed E-state index contributed by atoms with van der Waals surface area (Å²) in [7, 11) is -3.47. The highest BCUT2D eigenvalue weighted by molar-refractivity contribution is 7.91. The molecule has 0 bridgehead atoms. The molecule has 0 aromatic carbocycles. The molecule has 7 heteroatoms. The average molecular weight is 316 g/mol. The monoisotopic (exact) mass is 316 g/mol. The summed E-state index contributed by atoms with van der Waals surface area (Å²) in [5.74, 6) is 0. The number of hydrogen-bond donors (Lipinski definition) is 2. The number of rotatable bonds is 5. The van der Waals surface area contributed by atoms with E-state index in [4.69, 9.17) is 5.73 Å². The van der Waals surface area contributed by atoms with Crippen molar-refractivity contribution in [2.75, 3.05) is 12.3 Å². The minimum Gasteiger partial charge on any atom is -0.398 e. The minimum absolute atomic E-state index is 0.232. The van der Waals surface area contributed by atoms with Crippen molar-refractivity contribution in [3.05, 3.63) is 33.8 Å². The topological polar surface area (TPSA) is 72.2 Å². The molecule has 0 aliphatic heterocycles. The normalized spacial score (nSPS) is 12.7. The first kappa shape index (κ1) is 14.5. The first-order valence-corrected chi connectivity index (χ1v) is 8.93.